The second kappa shape index (κ2) is 11.6. The number of allylic oxidation sites excluding steroid dienone is 2. The van der Waals surface area contributed by atoms with E-state index in [1.54, 1.807) is 17.0 Å². The summed E-state index contributed by atoms with van der Waals surface area (Å²) >= 11 is 0. The molecule has 1 atom stereocenters. The van der Waals surface area contributed by atoms with Crippen LogP contribution in [0.3, 0.4) is 0 Å². The maximum atomic E-state index is 14.6. The number of rotatable bonds is 5. The van der Waals surface area contributed by atoms with Crippen LogP contribution in [-0.4, -0.2) is 64.7 Å². The molecule has 0 saturated carbocycles. The molecule has 0 bridgehead atoms. The van der Waals surface area contributed by atoms with Gasteiger partial charge in [0.2, 0.25) is 5.91 Å². The van der Waals surface area contributed by atoms with Crippen molar-refractivity contribution < 1.29 is 24.2 Å². The molecule has 7 heteroatoms. The summed E-state index contributed by atoms with van der Waals surface area (Å²) < 4.78 is 5.64. The number of piperidine rings is 1. The number of amides is 2. The number of carboxylic acid groups (broad SMARTS) is 1. The lowest BCUT2D eigenvalue weighted by Crippen LogP contribution is -2.56. The molecule has 2 aliphatic heterocycles. The van der Waals surface area contributed by atoms with Gasteiger partial charge in [-0.15, -0.1) is 0 Å². The highest BCUT2D eigenvalue weighted by molar-refractivity contribution is 5.88. The quantitative estimate of drug-likeness (QED) is 0.367. The fraction of sp³-hybridized carbons (Fsp3) is 0.486. The molecular formula is C37H46N2O5. The van der Waals surface area contributed by atoms with Crippen molar-refractivity contribution in [2.24, 2.45) is 16.2 Å². The van der Waals surface area contributed by atoms with E-state index in [2.05, 4.69) is 45.1 Å². The molecule has 1 saturated heterocycles. The van der Waals surface area contributed by atoms with Gasteiger partial charge in [-0.05, 0) is 75.3 Å². The number of nitrogens with zero attached hydrogens (tertiary/aromatic N) is 2. The van der Waals surface area contributed by atoms with E-state index >= 15 is 0 Å². The van der Waals surface area contributed by atoms with Gasteiger partial charge in [-0.1, -0.05) is 81.0 Å². The Hall–Kier alpha value is -3.87. The standard InChI is InChI=1S/C37H46N2O5/c1-34(2,3)44-33(43)38-22-19-37(20-23-38,24-26-10-8-7-9-11-26)32(42)39-21-17-30-35(4,5)29(16-18-36(30,6)25-39)27-12-14-28(15-13-27)31(40)41/h7-17H,18-25H2,1-6H3,(H,40,41). The molecule has 5 rings (SSSR count). The third-order valence-electron chi connectivity index (χ3n) is 9.75. The van der Waals surface area contributed by atoms with Crippen LogP contribution in [0.5, 0.6) is 0 Å². The number of fused-ring (bicyclic) bond motifs is 1. The molecule has 2 aromatic rings. The number of likely N-dealkylation sites (tertiary alicyclic amines) is 1. The first-order valence-electron chi connectivity index (χ1n) is 15.7. The summed E-state index contributed by atoms with van der Waals surface area (Å²) in [4.78, 5) is 42.7. The zero-order valence-electron chi connectivity index (χ0n) is 27.0. The van der Waals surface area contributed by atoms with E-state index in [-0.39, 0.29) is 28.4 Å². The molecule has 1 unspecified atom stereocenters. The van der Waals surface area contributed by atoms with Gasteiger partial charge in [-0.2, -0.15) is 0 Å². The number of benzene rings is 2. The van der Waals surface area contributed by atoms with Crippen LogP contribution in [0.15, 0.2) is 72.3 Å². The minimum atomic E-state index is -0.929. The Labute approximate surface area is 261 Å². The first kappa shape index (κ1) is 31.6. The fourth-order valence-corrected chi connectivity index (χ4v) is 7.59. The zero-order valence-corrected chi connectivity index (χ0v) is 27.0. The molecule has 0 aromatic heterocycles. The molecule has 2 heterocycles. The van der Waals surface area contributed by atoms with E-state index in [0.717, 1.165) is 17.5 Å². The molecule has 0 radical (unpaired) electrons. The van der Waals surface area contributed by atoms with Crippen LogP contribution in [0.4, 0.5) is 4.79 Å². The lowest BCUT2D eigenvalue weighted by Gasteiger charge is -2.52. The van der Waals surface area contributed by atoms with Crippen molar-refractivity contribution in [2.45, 2.75) is 72.8 Å². The Morgan fingerprint density at radius 1 is 0.886 bits per heavy atom. The SMILES string of the molecule is CC(C)(C)OC(=O)N1CCC(Cc2ccccc2)(C(=O)N2CC=C3C(C)(CC=C(c4ccc(C(=O)O)cc4)C3(C)C)C2)CC1. The van der Waals surface area contributed by atoms with Gasteiger partial charge in [0.15, 0.2) is 0 Å². The minimum Gasteiger partial charge on any atom is -0.478 e. The van der Waals surface area contributed by atoms with Crippen molar-refractivity contribution >= 4 is 23.5 Å². The van der Waals surface area contributed by atoms with Crippen LogP contribution in [0, 0.1) is 16.2 Å². The second-order valence-corrected chi connectivity index (χ2v) is 14.6. The summed E-state index contributed by atoms with van der Waals surface area (Å²) in [6, 6.07) is 17.3. The van der Waals surface area contributed by atoms with Crippen LogP contribution in [-0.2, 0) is 16.0 Å². The van der Waals surface area contributed by atoms with E-state index in [1.807, 2.05) is 56.0 Å². The highest BCUT2D eigenvalue weighted by Gasteiger charge is 2.50. The Kier molecular flexibility index (Phi) is 8.29. The van der Waals surface area contributed by atoms with Gasteiger partial charge in [0.05, 0.1) is 11.0 Å². The summed E-state index contributed by atoms with van der Waals surface area (Å²) in [5.41, 5.74) is 3.30. The minimum absolute atomic E-state index is 0.165. The normalized spacial score (nSPS) is 22.8. The topological polar surface area (TPSA) is 87.2 Å². The second-order valence-electron chi connectivity index (χ2n) is 14.6. The fourth-order valence-electron chi connectivity index (χ4n) is 7.59. The molecule has 3 aliphatic rings. The number of carbonyl (C=O) groups excluding carboxylic acids is 2. The number of hydrogen-bond donors (Lipinski definition) is 1. The maximum absolute atomic E-state index is 14.6. The number of aromatic carboxylic acids is 1. The molecule has 1 fully saturated rings. The van der Waals surface area contributed by atoms with Gasteiger partial charge in [-0.25, -0.2) is 9.59 Å². The molecule has 234 valence electrons. The molecule has 2 aromatic carbocycles. The summed E-state index contributed by atoms with van der Waals surface area (Å²) in [6.45, 7) is 14.5. The van der Waals surface area contributed by atoms with Crippen molar-refractivity contribution in [2.75, 3.05) is 26.2 Å². The van der Waals surface area contributed by atoms with Gasteiger partial charge in [0, 0.05) is 37.0 Å². The van der Waals surface area contributed by atoms with Gasteiger partial charge in [0.1, 0.15) is 5.60 Å². The number of carboxylic acids is 1. The third kappa shape index (κ3) is 6.19. The monoisotopic (exact) mass is 598 g/mol. The predicted octanol–water partition coefficient (Wildman–Crippen LogP) is 7.23. The van der Waals surface area contributed by atoms with E-state index in [4.69, 9.17) is 4.74 Å². The number of hydrogen-bond acceptors (Lipinski definition) is 4. The predicted molar refractivity (Wildman–Crippen MR) is 172 cm³/mol. The Morgan fingerprint density at radius 3 is 2.11 bits per heavy atom. The van der Waals surface area contributed by atoms with Crippen LogP contribution < -0.4 is 0 Å². The molecular weight excluding hydrogens is 552 g/mol. The lowest BCUT2D eigenvalue weighted by molar-refractivity contribution is -0.146. The number of carbonyl (C=O) groups is 3. The smallest absolute Gasteiger partial charge is 0.410 e. The summed E-state index contributed by atoms with van der Waals surface area (Å²) in [5.74, 6) is -0.764. The van der Waals surface area contributed by atoms with Crippen LogP contribution >= 0.6 is 0 Å². The zero-order chi connectivity index (χ0) is 31.9. The highest BCUT2D eigenvalue weighted by Crippen LogP contribution is 2.55. The molecule has 2 amide bonds. The van der Waals surface area contributed by atoms with Crippen LogP contribution in [0.25, 0.3) is 5.57 Å². The summed E-state index contributed by atoms with van der Waals surface area (Å²) in [5, 5.41) is 9.34. The Morgan fingerprint density at radius 2 is 1.52 bits per heavy atom. The largest absolute Gasteiger partial charge is 0.478 e. The van der Waals surface area contributed by atoms with Crippen molar-refractivity contribution in [3.63, 3.8) is 0 Å². The molecule has 7 nitrogen and oxygen atoms in total. The van der Waals surface area contributed by atoms with Crippen molar-refractivity contribution in [3.05, 3.63) is 89.0 Å². The van der Waals surface area contributed by atoms with Gasteiger partial charge >= 0.3 is 12.1 Å². The number of ether oxygens (including phenoxy) is 1. The van der Waals surface area contributed by atoms with Gasteiger partial charge in [0.25, 0.3) is 0 Å². The van der Waals surface area contributed by atoms with E-state index in [0.29, 0.717) is 45.4 Å². The van der Waals surface area contributed by atoms with Gasteiger partial charge in [-0.3, -0.25) is 4.79 Å². The Balaban J connectivity index is 1.38. The van der Waals surface area contributed by atoms with Crippen molar-refractivity contribution in [1.82, 2.24) is 9.80 Å². The summed E-state index contributed by atoms with van der Waals surface area (Å²) in [6.07, 6.45) is 6.82. The molecule has 1 aliphatic carbocycles. The highest BCUT2D eigenvalue weighted by atomic mass is 16.6. The first-order valence-corrected chi connectivity index (χ1v) is 15.7. The van der Waals surface area contributed by atoms with Crippen molar-refractivity contribution in [3.8, 4) is 0 Å². The average molecular weight is 599 g/mol. The van der Waals surface area contributed by atoms with E-state index in [1.165, 1.54) is 11.1 Å². The van der Waals surface area contributed by atoms with Gasteiger partial charge < -0.3 is 19.6 Å². The van der Waals surface area contributed by atoms with Crippen LogP contribution in [0.2, 0.25) is 0 Å². The lowest BCUT2D eigenvalue weighted by atomic mass is 9.58. The van der Waals surface area contributed by atoms with Crippen LogP contribution in [0.1, 0.15) is 82.3 Å². The molecule has 44 heavy (non-hydrogen) atoms. The van der Waals surface area contributed by atoms with Crippen molar-refractivity contribution in [1.29, 1.82) is 0 Å². The average Bonchev–Trinajstić information content (AvgIpc) is 2.96. The summed E-state index contributed by atoms with van der Waals surface area (Å²) in [7, 11) is 0. The molecule has 0 spiro atoms. The first-order chi connectivity index (χ1) is 20.6. The molecule has 1 N–H and O–H groups in total. The van der Waals surface area contributed by atoms with E-state index < -0.39 is 17.0 Å². The Bertz CT molecular complexity index is 1470. The third-order valence-corrected chi connectivity index (χ3v) is 9.75. The maximum Gasteiger partial charge on any atom is 0.410 e. The van der Waals surface area contributed by atoms with E-state index in [9.17, 15) is 19.5 Å².